The highest BCUT2D eigenvalue weighted by Crippen LogP contribution is 2.33. The predicted octanol–water partition coefficient (Wildman–Crippen LogP) is 3.14. The molecule has 0 radical (unpaired) electrons. The van der Waals surface area contributed by atoms with Crippen molar-refractivity contribution in [2.75, 3.05) is 44.7 Å². The number of para-hydroxylation sites is 2. The van der Waals surface area contributed by atoms with E-state index in [1.807, 2.05) is 44.3 Å². The maximum absolute atomic E-state index is 13.1. The first-order chi connectivity index (χ1) is 15.8. The standard InChI is InChI=1S/C25H33N3O4S/c1-4-27-18-21(32-24-8-6-5-7-23(24)27)17-26(3)25(29)20-13-15-28(16-14-20)33(30,31)22-11-9-19(2)10-12-22/h5-12,20-21H,4,13-18H2,1-3H3/t21-/m0/s1. The van der Waals surface area contributed by atoms with Gasteiger partial charge in [-0.05, 0) is 51.0 Å². The number of carbonyl (C=O) groups excluding carboxylic acids is 1. The molecule has 1 saturated heterocycles. The zero-order valence-electron chi connectivity index (χ0n) is 19.6. The lowest BCUT2D eigenvalue weighted by atomic mass is 9.96. The van der Waals surface area contributed by atoms with Crippen LogP contribution in [-0.2, 0) is 14.8 Å². The summed E-state index contributed by atoms with van der Waals surface area (Å²) in [4.78, 5) is 17.5. The molecular weight excluding hydrogens is 438 g/mol. The van der Waals surface area contributed by atoms with Gasteiger partial charge in [0.25, 0.3) is 0 Å². The summed E-state index contributed by atoms with van der Waals surface area (Å²) in [5.41, 5.74) is 2.11. The monoisotopic (exact) mass is 471 g/mol. The molecule has 33 heavy (non-hydrogen) atoms. The fourth-order valence-corrected chi connectivity index (χ4v) is 6.15. The van der Waals surface area contributed by atoms with Gasteiger partial charge in [-0.25, -0.2) is 8.42 Å². The van der Waals surface area contributed by atoms with Crippen LogP contribution in [0.4, 0.5) is 5.69 Å². The summed E-state index contributed by atoms with van der Waals surface area (Å²) in [6.07, 6.45) is 0.962. The second-order valence-corrected chi connectivity index (χ2v) is 10.9. The summed E-state index contributed by atoms with van der Waals surface area (Å²) in [6, 6.07) is 14.9. The van der Waals surface area contributed by atoms with Crippen molar-refractivity contribution < 1.29 is 17.9 Å². The molecule has 1 fully saturated rings. The summed E-state index contributed by atoms with van der Waals surface area (Å²) in [5, 5.41) is 0. The van der Waals surface area contributed by atoms with Crippen molar-refractivity contribution in [1.82, 2.24) is 9.21 Å². The number of fused-ring (bicyclic) bond motifs is 1. The summed E-state index contributed by atoms with van der Waals surface area (Å²) in [7, 11) is -1.71. The molecule has 0 spiro atoms. The molecule has 7 nitrogen and oxygen atoms in total. The lowest BCUT2D eigenvalue weighted by Crippen LogP contribution is -2.49. The zero-order chi connectivity index (χ0) is 23.6. The Bertz CT molecular complexity index is 1080. The van der Waals surface area contributed by atoms with Gasteiger partial charge in [0.2, 0.25) is 15.9 Å². The van der Waals surface area contributed by atoms with E-state index in [1.54, 1.807) is 17.0 Å². The maximum Gasteiger partial charge on any atom is 0.243 e. The van der Waals surface area contributed by atoms with Gasteiger partial charge in [0.1, 0.15) is 11.9 Å². The first-order valence-electron chi connectivity index (χ1n) is 11.6. The Kier molecular flexibility index (Phi) is 6.95. The predicted molar refractivity (Wildman–Crippen MR) is 129 cm³/mol. The fourth-order valence-electron chi connectivity index (χ4n) is 4.68. The van der Waals surface area contributed by atoms with Crippen molar-refractivity contribution in [3.63, 3.8) is 0 Å². The molecule has 0 N–H and O–H groups in total. The normalized spacial score (nSPS) is 19.6. The van der Waals surface area contributed by atoms with Crippen LogP contribution in [0.3, 0.4) is 0 Å². The molecule has 0 saturated carbocycles. The van der Waals surface area contributed by atoms with Crippen LogP contribution in [0.15, 0.2) is 53.4 Å². The van der Waals surface area contributed by atoms with Crippen molar-refractivity contribution >= 4 is 21.6 Å². The number of hydrogen-bond acceptors (Lipinski definition) is 5. The minimum absolute atomic E-state index is 0.0629. The molecule has 178 valence electrons. The molecule has 1 atom stereocenters. The summed E-state index contributed by atoms with van der Waals surface area (Å²) < 4.78 is 33.6. The number of anilines is 1. The van der Waals surface area contributed by atoms with Crippen LogP contribution in [0, 0.1) is 12.8 Å². The average molecular weight is 472 g/mol. The third-order valence-electron chi connectivity index (χ3n) is 6.62. The molecule has 4 rings (SSSR count). The Labute approximate surface area is 197 Å². The van der Waals surface area contributed by atoms with Crippen LogP contribution < -0.4 is 9.64 Å². The molecule has 8 heteroatoms. The Morgan fingerprint density at radius 1 is 1.09 bits per heavy atom. The topological polar surface area (TPSA) is 70.2 Å². The number of rotatable bonds is 6. The first kappa shape index (κ1) is 23.6. The molecule has 2 aliphatic heterocycles. The maximum atomic E-state index is 13.1. The van der Waals surface area contributed by atoms with E-state index in [9.17, 15) is 13.2 Å². The third kappa shape index (κ3) is 5.01. The van der Waals surface area contributed by atoms with Crippen LogP contribution in [0.1, 0.15) is 25.3 Å². The Morgan fingerprint density at radius 2 is 1.76 bits per heavy atom. The van der Waals surface area contributed by atoms with Crippen molar-refractivity contribution in [3.05, 3.63) is 54.1 Å². The molecule has 2 aromatic rings. The van der Waals surface area contributed by atoms with Gasteiger partial charge in [-0.3, -0.25) is 4.79 Å². The average Bonchev–Trinajstić information content (AvgIpc) is 2.83. The minimum Gasteiger partial charge on any atom is -0.485 e. The zero-order valence-corrected chi connectivity index (χ0v) is 20.4. The number of benzene rings is 2. The van der Waals surface area contributed by atoms with Crippen LogP contribution in [-0.4, -0.2) is 69.4 Å². The lowest BCUT2D eigenvalue weighted by Gasteiger charge is -2.38. The van der Waals surface area contributed by atoms with E-state index in [0.717, 1.165) is 30.1 Å². The van der Waals surface area contributed by atoms with Gasteiger partial charge < -0.3 is 14.5 Å². The van der Waals surface area contributed by atoms with E-state index in [0.29, 0.717) is 37.4 Å². The number of sulfonamides is 1. The molecule has 2 aromatic carbocycles. The van der Waals surface area contributed by atoms with Crippen LogP contribution >= 0.6 is 0 Å². The smallest absolute Gasteiger partial charge is 0.243 e. The number of amides is 1. The van der Waals surface area contributed by atoms with Crippen molar-refractivity contribution in [2.24, 2.45) is 5.92 Å². The van der Waals surface area contributed by atoms with Gasteiger partial charge in [-0.15, -0.1) is 0 Å². The van der Waals surface area contributed by atoms with Gasteiger partial charge in [-0.1, -0.05) is 29.8 Å². The second kappa shape index (κ2) is 9.73. The third-order valence-corrected chi connectivity index (χ3v) is 8.53. The van der Waals surface area contributed by atoms with Gasteiger partial charge in [-0.2, -0.15) is 4.31 Å². The second-order valence-electron chi connectivity index (χ2n) is 8.96. The molecule has 0 bridgehead atoms. The van der Waals surface area contributed by atoms with Crippen LogP contribution in [0.2, 0.25) is 0 Å². The SMILES string of the molecule is CCN1C[C@H](CN(C)C(=O)C2CCN(S(=O)(=O)c3ccc(C)cc3)CC2)Oc2ccccc21. The summed E-state index contributed by atoms with van der Waals surface area (Å²) in [5.74, 6) is 0.747. The van der Waals surface area contributed by atoms with Crippen molar-refractivity contribution in [1.29, 1.82) is 0 Å². The van der Waals surface area contributed by atoms with Crippen molar-refractivity contribution in [3.8, 4) is 5.75 Å². The highest BCUT2D eigenvalue weighted by molar-refractivity contribution is 7.89. The minimum atomic E-state index is -3.53. The van der Waals surface area contributed by atoms with Crippen molar-refractivity contribution in [2.45, 2.75) is 37.7 Å². The van der Waals surface area contributed by atoms with E-state index in [1.165, 1.54) is 4.31 Å². The van der Waals surface area contributed by atoms with Crippen LogP contribution in [0.25, 0.3) is 0 Å². The molecule has 0 unspecified atom stereocenters. The van der Waals surface area contributed by atoms with Gasteiger partial charge in [0, 0.05) is 32.6 Å². The number of ether oxygens (including phenoxy) is 1. The molecule has 0 aromatic heterocycles. The molecule has 1 amide bonds. The van der Waals surface area contributed by atoms with Gasteiger partial charge >= 0.3 is 0 Å². The molecular formula is C25H33N3O4S. The number of carbonyl (C=O) groups is 1. The van der Waals surface area contributed by atoms with Gasteiger partial charge in [0.15, 0.2) is 0 Å². The van der Waals surface area contributed by atoms with E-state index >= 15 is 0 Å². The number of aryl methyl sites for hydroxylation is 1. The summed E-state index contributed by atoms with van der Waals surface area (Å²) in [6.45, 7) is 6.88. The van der Waals surface area contributed by atoms with E-state index in [4.69, 9.17) is 4.74 Å². The Hall–Kier alpha value is -2.58. The quantitative estimate of drug-likeness (QED) is 0.647. The highest BCUT2D eigenvalue weighted by atomic mass is 32.2. The molecule has 2 aliphatic rings. The fraction of sp³-hybridized carbons (Fsp3) is 0.480. The molecule has 2 heterocycles. The van der Waals surface area contributed by atoms with E-state index < -0.39 is 10.0 Å². The number of likely N-dealkylation sites (N-methyl/N-ethyl adjacent to an activating group) is 2. The lowest BCUT2D eigenvalue weighted by molar-refractivity contribution is -0.136. The van der Waals surface area contributed by atoms with Crippen LogP contribution in [0.5, 0.6) is 5.75 Å². The Balaban J connectivity index is 1.34. The molecule has 0 aliphatic carbocycles. The number of piperidine rings is 1. The number of hydrogen-bond donors (Lipinski definition) is 0. The van der Waals surface area contributed by atoms with E-state index in [-0.39, 0.29) is 17.9 Å². The largest absolute Gasteiger partial charge is 0.485 e. The van der Waals surface area contributed by atoms with Gasteiger partial charge in [0.05, 0.1) is 23.7 Å². The first-order valence-corrected chi connectivity index (χ1v) is 13.1. The Morgan fingerprint density at radius 3 is 2.42 bits per heavy atom. The summed E-state index contributed by atoms with van der Waals surface area (Å²) >= 11 is 0. The number of nitrogens with zero attached hydrogens (tertiary/aromatic N) is 3. The van der Waals surface area contributed by atoms with E-state index in [2.05, 4.69) is 17.9 Å². The highest BCUT2D eigenvalue weighted by Gasteiger charge is 2.34.